The van der Waals surface area contributed by atoms with Crippen molar-refractivity contribution in [1.29, 1.82) is 0 Å². The van der Waals surface area contributed by atoms with Gasteiger partial charge in [0.15, 0.2) is 0 Å². The molecule has 1 aliphatic rings. The number of nitrogens with zero attached hydrogens (tertiary/aromatic N) is 3. The molecule has 0 aliphatic carbocycles. The molecule has 1 atom stereocenters. The molecule has 2 aromatic heterocycles. The molecule has 0 unspecified atom stereocenters. The van der Waals surface area contributed by atoms with Crippen LogP contribution in [-0.4, -0.2) is 33.9 Å². The van der Waals surface area contributed by atoms with Gasteiger partial charge in [-0.15, -0.1) is 11.3 Å². The van der Waals surface area contributed by atoms with Crippen LogP contribution in [0.1, 0.15) is 39.8 Å². The molecule has 1 amide bonds. The van der Waals surface area contributed by atoms with Gasteiger partial charge < -0.3 is 4.90 Å². The van der Waals surface area contributed by atoms with Crippen molar-refractivity contribution in [2.24, 2.45) is 0 Å². The Hall–Kier alpha value is -1.75. The summed E-state index contributed by atoms with van der Waals surface area (Å²) in [7, 11) is 0. The smallest absolute Gasteiger partial charge is 0.255 e. The minimum atomic E-state index is 0.0797. The van der Waals surface area contributed by atoms with Crippen molar-refractivity contribution in [3.8, 4) is 0 Å². The first-order valence-corrected chi connectivity index (χ1v) is 7.73. The van der Waals surface area contributed by atoms with Crippen LogP contribution in [-0.2, 0) is 0 Å². The summed E-state index contributed by atoms with van der Waals surface area (Å²) in [5.41, 5.74) is 1.74. The van der Waals surface area contributed by atoms with Crippen molar-refractivity contribution in [1.82, 2.24) is 14.9 Å². The van der Waals surface area contributed by atoms with Crippen LogP contribution in [0.25, 0.3) is 0 Å². The van der Waals surface area contributed by atoms with Crippen molar-refractivity contribution in [2.45, 2.75) is 25.7 Å². The quantitative estimate of drug-likeness (QED) is 0.853. The molecule has 0 spiro atoms. The third-order valence-electron chi connectivity index (χ3n) is 3.60. The lowest BCUT2D eigenvalue weighted by molar-refractivity contribution is 0.0706. The van der Waals surface area contributed by atoms with E-state index < -0.39 is 0 Å². The summed E-state index contributed by atoms with van der Waals surface area (Å²) in [5.74, 6) is 0.458. The highest BCUT2D eigenvalue weighted by Gasteiger charge is 2.27. The zero-order valence-corrected chi connectivity index (χ0v) is 12.3. The van der Waals surface area contributed by atoms with Crippen molar-refractivity contribution < 1.29 is 4.79 Å². The monoisotopic (exact) mass is 287 g/mol. The van der Waals surface area contributed by atoms with Crippen LogP contribution in [0.3, 0.4) is 0 Å². The fourth-order valence-corrected chi connectivity index (χ4v) is 3.52. The van der Waals surface area contributed by atoms with Crippen LogP contribution < -0.4 is 0 Å². The van der Waals surface area contributed by atoms with Gasteiger partial charge in [-0.1, -0.05) is 0 Å². The zero-order valence-electron chi connectivity index (χ0n) is 11.5. The van der Waals surface area contributed by atoms with E-state index in [2.05, 4.69) is 15.3 Å². The van der Waals surface area contributed by atoms with E-state index in [9.17, 15) is 4.79 Å². The van der Waals surface area contributed by atoms with E-state index in [0.29, 0.717) is 11.5 Å². The molecule has 0 radical (unpaired) electrons. The Balaban J connectivity index is 1.74. The summed E-state index contributed by atoms with van der Waals surface area (Å²) < 4.78 is 0. The summed E-state index contributed by atoms with van der Waals surface area (Å²) in [4.78, 5) is 23.0. The highest BCUT2D eigenvalue weighted by atomic mass is 32.1. The fourth-order valence-electron chi connectivity index (χ4n) is 2.59. The zero-order chi connectivity index (χ0) is 13.9. The minimum absolute atomic E-state index is 0.0797. The van der Waals surface area contributed by atoms with Gasteiger partial charge in [0.05, 0.1) is 10.6 Å². The summed E-state index contributed by atoms with van der Waals surface area (Å²) in [5, 5.41) is 3.24. The molecule has 20 heavy (non-hydrogen) atoms. The number of hydrogen-bond donors (Lipinski definition) is 0. The van der Waals surface area contributed by atoms with Crippen LogP contribution in [0, 0.1) is 6.92 Å². The predicted octanol–water partition coefficient (Wildman–Crippen LogP) is 2.87. The summed E-state index contributed by atoms with van der Waals surface area (Å²) in [6, 6.07) is 3.63. The molecule has 5 heteroatoms. The van der Waals surface area contributed by atoms with E-state index in [1.807, 2.05) is 17.9 Å². The normalized spacial score (nSPS) is 19.1. The number of likely N-dealkylation sites (tertiary alicyclic amines) is 1. The van der Waals surface area contributed by atoms with Gasteiger partial charge in [0.25, 0.3) is 5.91 Å². The van der Waals surface area contributed by atoms with Crippen LogP contribution in [0.2, 0.25) is 0 Å². The standard InChI is InChI=1S/C15H17N3OS/c1-11-10-20-14(17-11)13-5-3-7-18(9-13)15(19)12-4-2-6-16-8-12/h2,4,6,8,10,13H,3,5,7,9H2,1H3/t13-/m1/s1. The van der Waals surface area contributed by atoms with E-state index in [-0.39, 0.29) is 5.91 Å². The highest BCUT2D eigenvalue weighted by molar-refractivity contribution is 7.09. The van der Waals surface area contributed by atoms with E-state index in [1.54, 1.807) is 29.8 Å². The Bertz CT molecular complexity index is 596. The van der Waals surface area contributed by atoms with Crippen molar-refractivity contribution >= 4 is 17.2 Å². The largest absolute Gasteiger partial charge is 0.338 e. The maximum absolute atomic E-state index is 12.5. The lowest BCUT2D eigenvalue weighted by Gasteiger charge is -2.31. The molecule has 4 nitrogen and oxygen atoms in total. The average molecular weight is 287 g/mol. The number of piperidine rings is 1. The first kappa shape index (κ1) is 13.2. The second-order valence-electron chi connectivity index (χ2n) is 5.16. The molecule has 0 bridgehead atoms. The molecule has 2 aromatic rings. The van der Waals surface area contributed by atoms with Gasteiger partial charge in [0.1, 0.15) is 0 Å². The number of carbonyl (C=O) groups is 1. The predicted molar refractivity (Wildman–Crippen MR) is 79.0 cm³/mol. The SMILES string of the molecule is Cc1csc([C@@H]2CCCN(C(=O)c3cccnc3)C2)n1. The topological polar surface area (TPSA) is 46.1 Å². The van der Waals surface area contributed by atoms with E-state index >= 15 is 0 Å². The molecule has 1 saturated heterocycles. The lowest BCUT2D eigenvalue weighted by atomic mass is 9.98. The molecule has 0 aromatic carbocycles. The highest BCUT2D eigenvalue weighted by Crippen LogP contribution is 2.29. The first-order chi connectivity index (χ1) is 9.74. The Morgan fingerprint density at radius 1 is 1.50 bits per heavy atom. The number of rotatable bonds is 2. The number of aryl methyl sites for hydroxylation is 1. The number of carbonyl (C=O) groups excluding carboxylic acids is 1. The van der Waals surface area contributed by atoms with E-state index in [4.69, 9.17) is 0 Å². The number of amides is 1. The Morgan fingerprint density at radius 3 is 3.10 bits per heavy atom. The Morgan fingerprint density at radius 2 is 2.40 bits per heavy atom. The Kier molecular flexibility index (Phi) is 3.78. The summed E-state index contributed by atoms with van der Waals surface area (Å²) >= 11 is 1.70. The van der Waals surface area contributed by atoms with Gasteiger partial charge in [-0.3, -0.25) is 9.78 Å². The van der Waals surface area contributed by atoms with Gasteiger partial charge in [-0.2, -0.15) is 0 Å². The van der Waals surface area contributed by atoms with E-state index in [0.717, 1.165) is 36.6 Å². The fraction of sp³-hybridized carbons (Fsp3) is 0.400. The average Bonchev–Trinajstić information content (AvgIpc) is 2.94. The van der Waals surface area contributed by atoms with Crippen LogP contribution in [0.15, 0.2) is 29.9 Å². The van der Waals surface area contributed by atoms with Crippen LogP contribution in [0.4, 0.5) is 0 Å². The molecule has 3 heterocycles. The third kappa shape index (κ3) is 2.72. The molecule has 0 N–H and O–H groups in total. The maximum atomic E-state index is 12.5. The van der Waals surface area contributed by atoms with Gasteiger partial charge in [0.2, 0.25) is 0 Å². The van der Waals surface area contributed by atoms with Gasteiger partial charge in [-0.25, -0.2) is 4.98 Å². The Labute approximate surface area is 122 Å². The second kappa shape index (κ2) is 5.71. The molecule has 0 saturated carbocycles. The van der Waals surface area contributed by atoms with Crippen LogP contribution in [0.5, 0.6) is 0 Å². The molecular formula is C15H17N3OS. The second-order valence-corrected chi connectivity index (χ2v) is 6.05. The van der Waals surface area contributed by atoms with Gasteiger partial charge >= 0.3 is 0 Å². The molecule has 3 rings (SSSR count). The van der Waals surface area contributed by atoms with Crippen molar-refractivity contribution in [2.75, 3.05) is 13.1 Å². The first-order valence-electron chi connectivity index (χ1n) is 6.85. The number of pyridine rings is 1. The van der Waals surface area contributed by atoms with Gasteiger partial charge in [0, 0.05) is 42.5 Å². The molecular weight excluding hydrogens is 270 g/mol. The minimum Gasteiger partial charge on any atom is -0.338 e. The summed E-state index contributed by atoms with van der Waals surface area (Å²) in [6.45, 7) is 3.61. The van der Waals surface area contributed by atoms with Crippen LogP contribution >= 0.6 is 11.3 Å². The summed E-state index contributed by atoms with van der Waals surface area (Å²) in [6.07, 6.45) is 5.48. The molecule has 1 fully saturated rings. The molecule has 1 aliphatic heterocycles. The maximum Gasteiger partial charge on any atom is 0.255 e. The number of thiazole rings is 1. The number of aromatic nitrogens is 2. The lowest BCUT2D eigenvalue weighted by Crippen LogP contribution is -2.39. The molecule has 104 valence electrons. The van der Waals surface area contributed by atoms with Crippen molar-refractivity contribution in [3.05, 3.63) is 46.2 Å². The van der Waals surface area contributed by atoms with Gasteiger partial charge in [-0.05, 0) is 31.9 Å². The number of hydrogen-bond acceptors (Lipinski definition) is 4. The van der Waals surface area contributed by atoms with Crippen molar-refractivity contribution in [3.63, 3.8) is 0 Å². The van der Waals surface area contributed by atoms with E-state index in [1.165, 1.54) is 0 Å². The third-order valence-corrected chi connectivity index (χ3v) is 4.73.